The van der Waals surface area contributed by atoms with Crippen LogP contribution < -0.4 is 24.3 Å². The van der Waals surface area contributed by atoms with Gasteiger partial charge in [0.1, 0.15) is 34.8 Å². The molecule has 0 bridgehead atoms. The third kappa shape index (κ3) is 11.8. The number of carbonyl (C=O) groups excluding carboxylic acids is 3. The van der Waals surface area contributed by atoms with Gasteiger partial charge in [0.25, 0.3) is 5.91 Å². The third-order valence-electron chi connectivity index (χ3n) is 10.3. The summed E-state index contributed by atoms with van der Waals surface area (Å²) in [5.74, 6) is 0.589. The summed E-state index contributed by atoms with van der Waals surface area (Å²) in [6, 6.07) is 29.0. The van der Waals surface area contributed by atoms with Crippen molar-refractivity contribution in [2.24, 2.45) is 5.41 Å². The van der Waals surface area contributed by atoms with Gasteiger partial charge in [0, 0.05) is 32.6 Å². The summed E-state index contributed by atoms with van der Waals surface area (Å²) >= 11 is 0. The summed E-state index contributed by atoms with van der Waals surface area (Å²) in [5, 5.41) is 3.01. The van der Waals surface area contributed by atoms with Crippen LogP contribution in [0.2, 0.25) is 0 Å². The average molecular weight is 861 g/mol. The van der Waals surface area contributed by atoms with E-state index in [0.29, 0.717) is 45.3 Å². The summed E-state index contributed by atoms with van der Waals surface area (Å²) in [6.07, 6.45) is -0.790. The Kier molecular flexibility index (Phi) is 18.4. The van der Waals surface area contributed by atoms with Crippen LogP contribution in [0.25, 0.3) is 0 Å². The molecule has 0 heterocycles. The molecule has 0 fully saturated rings. The van der Waals surface area contributed by atoms with E-state index in [1.807, 2.05) is 100 Å². The number of benzene rings is 4. The zero-order chi connectivity index (χ0) is 44.6. The maximum atomic E-state index is 14.4. The van der Waals surface area contributed by atoms with Crippen LogP contribution in [0.4, 0.5) is 0 Å². The van der Waals surface area contributed by atoms with Crippen LogP contribution in [0, 0.1) is 5.41 Å². The number of hydrogen-bond acceptors (Lipinski definition) is 12. The topological polar surface area (TPSA) is 140 Å². The van der Waals surface area contributed by atoms with E-state index in [1.54, 1.807) is 66.6 Å². The summed E-state index contributed by atoms with van der Waals surface area (Å²) in [7, 11) is 5.87. The summed E-state index contributed by atoms with van der Waals surface area (Å²) < 4.78 is 47.0. The van der Waals surface area contributed by atoms with Gasteiger partial charge >= 0.3 is 11.9 Å². The molecule has 0 aromatic heterocycles. The van der Waals surface area contributed by atoms with Crippen LogP contribution in [0.3, 0.4) is 0 Å². The fourth-order valence-electron chi connectivity index (χ4n) is 7.15. The van der Waals surface area contributed by atoms with Crippen molar-refractivity contribution < 1.29 is 52.1 Å². The Morgan fingerprint density at radius 2 is 0.984 bits per heavy atom. The lowest BCUT2D eigenvalue weighted by Crippen LogP contribution is -2.52. The first-order chi connectivity index (χ1) is 29.3. The molecular weight excluding hydrogens is 799 g/mol. The highest BCUT2D eigenvalue weighted by Crippen LogP contribution is 2.45. The number of nitrogens with zero attached hydrogens (tertiary/aromatic N) is 1. The number of methoxy groups -OCH3 is 4. The molecule has 4 aromatic rings. The Labute approximate surface area is 362 Å². The molecule has 4 rings (SSSR count). The lowest BCUT2D eigenvalue weighted by molar-refractivity contribution is -0.177. The van der Waals surface area contributed by atoms with Crippen molar-refractivity contribution >= 4 is 26.7 Å². The van der Waals surface area contributed by atoms with Crippen molar-refractivity contribution in [1.29, 1.82) is 0 Å². The highest BCUT2D eigenvalue weighted by atomic mass is 31.1. The minimum atomic E-state index is -1.99. The molecule has 2 atom stereocenters. The first kappa shape index (κ1) is 48.5. The molecule has 14 heteroatoms. The number of esters is 2. The molecule has 13 nitrogen and oxygen atoms in total. The first-order valence-corrected chi connectivity index (χ1v) is 21.5. The van der Waals surface area contributed by atoms with Crippen LogP contribution in [0.15, 0.2) is 97.1 Å². The van der Waals surface area contributed by atoms with E-state index in [0.717, 1.165) is 0 Å². The molecular formula is C47H61N2O11P. The first-order valence-electron chi connectivity index (χ1n) is 20.3. The highest BCUT2D eigenvalue weighted by Gasteiger charge is 2.52. The number of hydrogen-bond donors (Lipinski definition) is 1. The van der Waals surface area contributed by atoms with E-state index in [4.69, 9.17) is 37.7 Å². The van der Waals surface area contributed by atoms with Gasteiger partial charge in [-0.15, -0.1) is 0 Å². The van der Waals surface area contributed by atoms with Crippen molar-refractivity contribution in [2.45, 2.75) is 65.5 Å². The van der Waals surface area contributed by atoms with E-state index in [-0.39, 0.29) is 43.9 Å². The summed E-state index contributed by atoms with van der Waals surface area (Å²) in [4.78, 5) is 44.3. The zero-order valence-corrected chi connectivity index (χ0v) is 37.9. The SMILES string of the molecule is CCOC(=O)C(COC(c1ccc(OC)cc1)(c1ccc(OC)cc1)c1ccc(OC)cc1)(CPOC(CNC(=O)c1ccc(OC)cc1)N(C(C)C)C(C)C)C(=O)OCC. The number of rotatable bonds is 24. The number of ether oxygens (including phenoxy) is 7. The fourth-order valence-corrected chi connectivity index (χ4v) is 8.27. The number of amides is 1. The second-order valence-electron chi connectivity index (χ2n) is 14.6. The molecule has 2 unspecified atom stereocenters. The van der Waals surface area contributed by atoms with Gasteiger partial charge in [-0.25, -0.2) is 0 Å². The van der Waals surface area contributed by atoms with E-state index in [9.17, 15) is 14.4 Å². The van der Waals surface area contributed by atoms with Crippen LogP contribution in [-0.4, -0.2) is 102 Å². The molecule has 330 valence electrons. The standard InChI is InChI=1S/C47H61N2O11P/c1-11-57-44(51)46(45(52)58-12-2,31-61-60-42(49(32(3)4)33(5)6)29-48-43(50)34-13-21-38(53-7)22-14-34)30-59-47(35-15-23-39(54-8)24-16-35,36-17-25-40(55-9)26-18-36)37-19-27-41(56-10)28-20-37/h13-28,32-33,42,61H,11-12,29-31H2,1-10H3,(H,48,50). The monoisotopic (exact) mass is 860 g/mol. The molecule has 4 aromatic carbocycles. The molecule has 0 aliphatic rings. The van der Waals surface area contributed by atoms with Crippen LogP contribution in [-0.2, 0) is 33.9 Å². The van der Waals surface area contributed by atoms with Gasteiger partial charge in [0.05, 0.1) is 54.8 Å². The number of nitrogens with one attached hydrogen (secondary N) is 1. The lowest BCUT2D eigenvalue weighted by Gasteiger charge is -2.40. The van der Waals surface area contributed by atoms with Crippen molar-refractivity contribution in [3.8, 4) is 23.0 Å². The summed E-state index contributed by atoms with van der Waals surface area (Å²) in [5.41, 5.74) is -0.904. The Morgan fingerprint density at radius 3 is 1.33 bits per heavy atom. The summed E-state index contributed by atoms with van der Waals surface area (Å²) in [6.45, 7) is 11.2. The zero-order valence-electron chi connectivity index (χ0n) is 36.9. The van der Waals surface area contributed by atoms with E-state index in [1.165, 1.54) is 0 Å². The fraction of sp³-hybridized carbons (Fsp3) is 0.426. The van der Waals surface area contributed by atoms with Crippen molar-refractivity contribution in [3.63, 3.8) is 0 Å². The molecule has 0 spiro atoms. The maximum absolute atomic E-state index is 14.4. The molecule has 0 aliphatic heterocycles. The smallest absolute Gasteiger partial charge is 0.326 e. The Bertz CT molecular complexity index is 1830. The second kappa shape index (κ2) is 23.1. The third-order valence-corrected chi connectivity index (χ3v) is 11.5. The Morgan fingerprint density at radius 1 is 0.607 bits per heavy atom. The molecule has 1 N–H and O–H groups in total. The molecule has 61 heavy (non-hydrogen) atoms. The van der Waals surface area contributed by atoms with Crippen molar-refractivity contribution in [3.05, 3.63) is 119 Å². The highest BCUT2D eigenvalue weighted by molar-refractivity contribution is 7.32. The molecule has 0 radical (unpaired) electrons. The van der Waals surface area contributed by atoms with Crippen molar-refractivity contribution in [2.75, 3.05) is 61.0 Å². The van der Waals surface area contributed by atoms with Crippen LogP contribution in [0.5, 0.6) is 23.0 Å². The molecule has 1 amide bonds. The number of carbonyl (C=O) groups is 3. The predicted octanol–water partition coefficient (Wildman–Crippen LogP) is 7.63. The lowest BCUT2D eigenvalue weighted by atomic mass is 9.79. The maximum Gasteiger partial charge on any atom is 0.326 e. The minimum Gasteiger partial charge on any atom is -0.497 e. The van der Waals surface area contributed by atoms with Gasteiger partial charge in [0.15, 0.2) is 5.41 Å². The van der Waals surface area contributed by atoms with Crippen LogP contribution in [0.1, 0.15) is 68.6 Å². The second-order valence-corrected chi connectivity index (χ2v) is 15.5. The molecule has 0 saturated carbocycles. The van der Waals surface area contributed by atoms with Gasteiger partial charge in [-0.1, -0.05) is 36.4 Å². The van der Waals surface area contributed by atoms with Crippen LogP contribution >= 0.6 is 8.81 Å². The van der Waals surface area contributed by atoms with Crippen molar-refractivity contribution in [1.82, 2.24) is 10.2 Å². The Hall–Kier alpha value is -5.20. The van der Waals surface area contributed by atoms with Gasteiger partial charge in [-0.3, -0.25) is 19.3 Å². The molecule has 0 aliphatic carbocycles. The quantitative estimate of drug-likeness (QED) is 0.0244. The predicted molar refractivity (Wildman–Crippen MR) is 236 cm³/mol. The Balaban J connectivity index is 1.81. The minimum absolute atomic E-state index is 0.000960. The average Bonchev–Trinajstić information content (AvgIpc) is 3.27. The van der Waals surface area contributed by atoms with E-state index in [2.05, 4.69) is 10.2 Å². The molecule has 0 saturated heterocycles. The van der Waals surface area contributed by atoms with E-state index < -0.39 is 44.6 Å². The van der Waals surface area contributed by atoms with Gasteiger partial charge in [0.2, 0.25) is 0 Å². The normalized spacial score (nSPS) is 12.4. The van der Waals surface area contributed by atoms with E-state index >= 15 is 0 Å². The van der Waals surface area contributed by atoms with Gasteiger partial charge in [-0.05, 0) is 119 Å². The van der Waals surface area contributed by atoms with Gasteiger partial charge < -0.3 is 43.0 Å². The van der Waals surface area contributed by atoms with Gasteiger partial charge in [-0.2, -0.15) is 0 Å². The largest absolute Gasteiger partial charge is 0.497 e.